The minimum Gasteiger partial charge on any atom is -0.326 e. The van der Waals surface area contributed by atoms with Crippen LogP contribution in [0.5, 0.6) is 0 Å². The summed E-state index contributed by atoms with van der Waals surface area (Å²) in [6, 6.07) is 5.70. The molecular weight excluding hydrogens is 223 g/mol. The molecule has 0 atom stereocenters. The van der Waals surface area contributed by atoms with Gasteiger partial charge in [0.2, 0.25) is 0 Å². The SMILES string of the molecule is NCc1cc2c(C(F)(F)F)cccc2s1. The Morgan fingerprint density at radius 3 is 2.60 bits per heavy atom. The maximum atomic E-state index is 12.6. The number of hydrogen-bond donors (Lipinski definition) is 1. The number of rotatable bonds is 1. The van der Waals surface area contributed by atoms with E-state index < -0.39 is 11.7 Å². The van der Waals surface area contributed by atoms with Gasteiger partial charge in [0.15, 0.2) is 0 Å². The van der Waals surface area contributed by atoms with Crippen molar-refractivity contribution in [2.24, 2.45) is 5.73 Å². The van der Waals surface area contributed by atoms with E-state index in [1.807, 2.05) is 0 Å². The van der Waals surface area contributed by atoms with E-state index in [1.165, 1.54) is 23.5 Å². The second kappa shape index (κ2) is 3.50. The fraction of sp³-hybridized carbons (Fsp3) is 0.200. The van der Waals surface area contributed by atoms with Crippen molar-refractivity contribution in [1.82, 2.24) is 0 Å². The van der Waals surface area contributed by atoms with Crippen LogP contribution in [0, 0.1) is 0 Å². The monoisotopic (exact) mass is 231 g/mol. The van der Waals surface area contributed by atoms with Crippen LogP contribution >= 0.6 is 11.3 Å². The molecule has 0 fully saturated rings. The number of nitrogens with two attached hydrogens (primary N) is 1. The molecule has 0 amide bonds. The van der Waals surface area contributed by atoms with Crippen LogP contribution in [0.4, 0.5) is 13.2 Å². The lowest BCUT2D eigenvalue weighted by atomic mass is 10.1. The number of fused-ring (bicyclic) bond motifs is 1. The van der Waals surface area contributed by atoms with Gasteiger partial charge in [0.05, 0.1) is 5.56 Å². The molecule has 80 valence electrons. The molecule has 2 N–H and O–H groups in total. The maximum Gasteiger partial charge on any atom is 0.417 e. The zero-order valence-electron chi connectivity index (χ0n) is 7.64. The highest BCUT2D eigenvalue weighted by Crippen LogP contribution is 2.37. The Labute approximate surface area is 88.3 Å². The summed E-state index contributed by atoms with van der Waals surface area (Å²) in [5.74, 6) is 0. The van der Waals surface area contributed by atoms with Gasteiger partial charge in [0, 0.05) is 21.5 Å². The Kier molecular flexibility index (Phi) is 2.44. The first kappa shape index (κ1) is 10.4. The fourth-order valence-electron chi connectivity index (χ4n) is 1.46. The van der Waals surface area contributed by atoms with Gasteiger partial charge in [-0.1, -0.05) is 6.07 Å². The van der Waals surface area contributed by atoms with Crippen LogP contribution in [-0.4, -0.2) is 0 Å². The summed E-state index contributed by atoms with van der Waals surface area (Å²) >= 11 is 1.30. The number of halogens is 3. The molecule has 1 aromatic carbocycles. The molecule has 0 spiro atoms. The summed E-state index contributed by atoms with van der Waals surface area (Å²) in [5, 5.41) is 0.246. The van der Waals surface area contributed by atoms with Crippen LogP contribution in [0.2, 0.25) is 0 Å². The van der Waals surface area contributed by atoms with Crippen molar-refractivity contribution in [3.63, 3.8) is 0 Å². The third-order valence-electron chi connectivity index (χ3n) is 2.12. The first-order chi connectivity index (χ1) is 7.02. The molecule has 0 aliphatic carbocycles. The molecule has 0 radical (unpaired) electrons. The van der Waals surface area contributed by atoms with E-state index in [2.05, 4.69) is 0 Å². The van der Waals surface area contributed by atoms with Crippen molar-refractivity contribution in [2.75, 3.05) is 0 Å². The zero-order valence-corrected chi connectivity index (χ0v) is 8.45. The Bertz CT molecular complexity index is 487. The fourth-order valence-corrected chi connectivity index (χ4v) is 2.43. The zero-order chi connectivity index (χ0) is 11.1. The molecule has 15 heavy (non-hydrogen) atoms. The third-order valence-corrected chi connectivity index (χ3v) is 3.24. The number of thiophene rings is 1. The molecule has 1 nitrogen and oxygen atoms in total. The van der Waals surface area contributed by atoms with Gasteiger partial charge in [-0.3, -0.25) is 0 Å². The molecule has 0 saturated heterocycles. The highest BCUT2D eigenvalue weighted by molar-refractivity contribution is 7.19. The minimum absolute atomic E-state index is 0.246. The smallest absolute Gasteiger partial charge is 0.326 e. The predicted molar refractivity (Wildman–Crippen MR) is 54.7 cm³/mol. The van der Waals surface area contributed by atoms with E-state index in [0.717, 1.165) is 10.9 Å². The van der Waals surface area contributed by atoms with Gasteiger partial charge in [0.1, 0.15) is 0 Å². The summed E-state index contributed by atoms with van der Waals surface area (Å²) in [4.78, 5) is 0.765. The van der Waals surface area contributed by atoms with Crippen LogP contribution < -0.4 is 5.73 Å². The minimum atomic E-state index is -4.30. The molecule has 1 aromatic heterocycles. The Balaban J connectivity index is 2.70. The molecular formula is C10H8F3NS. The van der Waals surface area contributed by atoms with Crippen molar-refractivity contribution in [3.05, 3.63) is 34.7 Å². The molecule has 2 aromatic rings. The van der Waals surface area contributed by atoms with E-state index in [9.17, 15) is 13.2 Å². The second-order valence-corrected chi connectivity index (χ2v) is 4.30. The van der Waals surface area contributed by atoms with E-state index in [4.69, 9.17) is 5.73 Å². The van der Waals surface area contributed by atoms with Crippen molar-refractivity contribution in [1.29, 1.82) is 0 Å². The highest BCUT2D eigenvalue weighted by Gasteiger charge is 2.32. The molecule has 2 rings (SSSR count). The number of alkyl halides is 3. The topological polar surface area (TPSA) is 26.0 Å². The summed E-state index contributed by atoms with van der Waals surface area (Å²) in [6.45, 7) is 0.274. The van der Waals surface area contributed by atoms with Crippen LogP contribution in [0.25, 0.3) is 10.1 Å². The summed E-state index contributed by atoms with van der Waals surface area (Å²) in [5.41, 5.74) is 4.81. The maximum absolute atomic E-state index is 12.6. The van der Waals surface area contributed by atoms with Gasteiger partial charge in [0.25, 0.3) is 0 Å². The van der Waals surface area contributed by atoms with Crippen LogP contribution in [0.1, 0.15) is 10.4 Å². The highest BCUT2D eigenvalue weighted by atomic mass is 32.1. The quantitative estimate of drug-likeness (QED) is 0.800. The van der Waals surface area contributed by atoms with E-state index in [-0.39, 0.29) is 11.9 Å². The van der Waals surface area contributed by atoms with Crippen LogP contribution in [0.3, 0.4) is 0 Å². The average Bonchev–Trinajstić information content (AvgIpc) is 2.57. The lowest BCUT2D eigenvalue weighted by Gasteiger charge is -2.06. The normalized spacial score (nSPS) is 12.3. The first-order valence-corrected chi connectivity index (χ1v) is 5.12. The molecule has 0 bridgehead atoms. The second-order valence-electron chi connectivity index (χ2n) is 3.13. The van der Waals surface area contributed by atoms with E-state index in [1.54, 1.807) is 6.07 Å². The average molecular weight is 231 g/mol. The van der Waals surface area contributed by atoms with Crippen molar-refractivity contribution in [2.45, 2.75) is 12.7 Å². The van der Waals surface area contributed by atoms with Gasteiger partial charge in [-0.25, -0.2) is 0 Å². The molecule has 0 aliphatic heterocycles. The Morgan fingerprint density at radius 1 is 1.27 bits per heavy atom. The standard InChI is InChI=1S/C10H8F3NS/c11-10(12,13)8-2-1-3-9-7(8)4-6(5-14)15-9/h1-4H,5,14H2. The molecule has 0 saturated carbocycles. The number of benzene rings is 1. The van der Waals surface area contributed by atoms with E-state index in [0.29, 0.717) is 4.70 Å². The lowest BCUT2D eigenvalue weighted by molar-refractivity contribution is -0.136. The van der Waals surface area contributed by atoms with Gasteiger partial charge in [-0.15, -0.1) is 11.3 Å². The lowest BCUT2D eigenvalue weighted by Crippen LogP contribution is -2.04. The first-order valence-electron chi connectivity index (χ1n) is 4.31. The Hall–Kier alpha value is -1.07. The van der Waals surface area contributed by atoms with Crippen molar-refractivity contribution < 1.29 is 13.2 Å². The molecule has 0 unspecified atom stereocenters. The predicted octanol–water partition coefficient (Wildman–Crippen LogP) is 3.38. The Morgan fingerprint density at radius 2 is 2.00 bits per heavy atom. The summed E-state index contributed by atoms with van der Waals surface area (Å²) < 4.78 is 38.4. The summed E-state index contributed by atoms with van der Waals surface area (Å²) in [7, 11) is 0. The van der Waals surface area contributed by atoms with Crippen molar-refractivity contribution >= 4 is 21.4 Å². The molecule has 1 heterocycles. The van der Waals surface area contributed by atoms with Gasteiger partial charge < -0.3 is 5.73 Å². The van der Waals surface area contributed by atoms with E-state index >= 15 is 0 Å². The van der Waals surface area contributed by atoms with Crippen LogP contribution in [0.15, 0.2) is 24.3 Å². The third kappa shape index (κ3) is 1.85. The van der Waals surface area contributed by atoms with Gasteiger partial charge in [-0.05, 0) is 18.2 Å². The van der Waals surface area contributed by atoms with Crippen LogP contribution in [-0.2, 0) is 12.7 Å². The number of hydrogen-bond acceptors (Lipinski definition) is 2. The summed E-state index contributed by atoms with van der Waals surface area (Å²) in [6.07, 6.45) is -4.30. The van der Waals surface area contributed by atoms with Gasteiger partial charge in [-0.2, -0.15) is 13.2 Å². The largest absolute Gasteiger partial charge is 0.417 e. The van der Waals surface area contributed by atoms with Gasteiger partial charge >= 0.3 is 6.18 Å². The van der Waals surface area contributed by atoms with Crippen molar-refractivity contribution in [3.8, 4) is 0 Å². The molecule has 0 aliphatic rings. The molecule has 5 heteroatoms.